The summed E-state index contributed by atoms with van der Waals surface area (Å²) < 4.78 is 8.55. The number of aromatic nitrogens is 2. The van der Waals surface area contributed by atoms with Crippen LogP contribution in [0.25, 0.3) is 11.0 Å². The topological polar surface area (TPSA) is 29.9 Å². The highest BCUT2D eigenvalue weighted by Crippen LogP contribution is 2.31. The number of nitrogens with zero attached hydrogens (tertiary/aromatic N) is 1. The maximum Gasteiger partial charge on any atom is 0.178 e. The number of hydrogen-bond acceptors (Lipinski definition) is 2. The number of aromatic amines is 1. The number of hydrogen-bond donors (Lipinski definition) is 1. The number of rotatable bonds is 1. The molecule has 1 N–H and O–H groups in total. The van der Waals surface area contributed by atoms with Crippen molar-refractivity contribution >= 4 is 23.3 Å². The number of nitrogens with one attached hydrogen (secondary N) is 1. The van der Waals surface area contributed by atoms with Gasteiger partial charge in [0.25, 0.3) is 0 Å². The van der Waals surface area contributed by atoms with Gasteiger partial charge in [-0.3, -0.25) is 0 Å². The lowest BCUT2D eigenvalue weighted by Gasteiger charge is -2.24. The Morgan fingerprint density at radius 3 is 3.00 bits per heavy atom. The predicted octanol–water partition coefficient (Wildman–Crippen LogP) is 3.14. The van der Waals surface area contributed by atoms with Crippen LogP contribution in [0.2, 0.25) is 0 Å². The molecule has 2 heterocycles. The summed E-state index contributed by atoms with van der Waals surface area (Å²) in [5.74, 6) is 0. The number of benzene rings is 1. The third-order valence-corrected chi connectivity index (χ3v) is 3.86. The molecule has 2 aromatic rings. The Morgan fingerprint density at radius 2 is 2.29 bits per heavy atom. The Kier molecular flexibility index (Phi) is 2.38. The lowest BCUT2D eigenvalue weighted by atomic mass is 10.0. The summed E-state index contributed by atoms with van der Waals surface area (Å²) >= 11 is 5.46. The molecule has 90 valence electrons. The maximum absolute atomic E-state index is 5.54. The molecule has 1 aromatic carbocycles. The Morgan fingerprint density at radius 1 is 1.47 bits per heavy atom. The zero-order valence-electron chi connectivity index (χ0n) is 10.1. The van der Waals surface area contributed by atoms with E-state index in [9.17, 15) is 0 Å². The van der Waals surface area contributed by atoms with E-state index in [1.165, 1.54) is 11.1 Å². The molecule has 0 bridgehead atoms. The van der Waals surface area contributed by atoms with Crippen molar-refractivity contribution in [3.8, 4) is 0 Å². The van der Waals surface area contributed by atoms with Crippen molar-refractivity contribution in [1.82, 2.24) is 9.55 Å². The quantitative estimate of drug-likeness (QED) is 0.786. The van der Waals surface area contributed by atoms with Gasteiger partial charge in [0.05, 0.1) is 23.2 Å². The van der Waals surface area contributed by atoms with Crippen LogP contribution in [0, 0.1) is 11.7 Å². The Hall–Kier alpha value is -1.13. The van der Waals surface area contributed by atoms with Gasteiger partial charge in [0.15, 0.2) is 4.77 Å². The van der Waals surface area contributed by atoms with Gasteiger partial charge in [0.2, 0.25) is 0 Å². The minimum Gasteiger partial charge on any atom is -0.379 e. The number of ether oxygens (including phenoxy) is 1. The zero-order valence-corrected chi connectivity index (χ0v) is 10.9. The molecule has 0 saturated carbocycles. The van der Waals surface area contributed by atoms with Crippen LogP contribution in [0.5, 0.6) is 0 Å². The Labute approximate surface area is 105 Å². The largest absolute Gasteiger partial charge is 0.379 e. The summed E-state index contributed by atoms with van der Waals surface area (Å²) in [6.07, 6.45) is 1.02. The smallest absolute Gasteiger partial charge is 0.178 e. The molecule has 0 aliphatic carbocycles. The summed E-state index contributed by atoms with van der Waals surface area (Å²) in [5, 5.41) is 0. The van der Waals surface area contributed by atoms with Crippen molar-refractivity contribution < 1.29 is 4.74 Å². The molecular weight excluding hydrogens is 232 g/mol. The summed E-state index contributed by atoms with van der Waals surface area (Å²) in [4.78, 5) is 3.28. The SMILES string of the molecule is Cc1ccc2[nH]c(=S)n(C3(C)CCOC3)c2c1. The van der Waals surface area contributed by atoms with Gasteiger partial charge in [-0.05, 0) is 50.2 Å². The van der Waals surface area contributed by atoms with E-state index in [2.05, 4.69) is 41.6 Å². The van der Waals surface area contributed by atoms with Gasteiger partial charge < -0.3 is 14.3 Å². The van der Waals surface area contributed by atoms with Gasteiger partial charge in [-0.15, -0.1) is 0 Å². The van der Waals surface area contributed by atoms with Crippen LogP contribution in [-0.4, -0.2) is 22.8 Å². The van der Waals surface area contributed by atoms with Gasteiger partial charge in [-0.1, -0.05) is 6.07 Å². The molecule has 1 aliphatic rings. The zero-order chi connectivity index (χ0) is 12.0. The van der Waals surface area contributed by atoms with E-state index in [0.29, 0.717) is 0 Å². The van der Waals surface area contributed by atoms with Crippen molar-refractivity contribution in [3.05, 3.63) is 28.5 Å². The van der Waals surface area contributed by atoms with E-state index in [4.69, 9.17) is 17.0 Å². The molecule has 0 spiro atoms. The summed E-state index contributed by atoms with van der Waals surface area (Å²) in [6, 6.07) is 6.38. The van der Waals surface area contributed by atoms with Crippen LogP contribution in [0.3, 0.4) is 0 Å². The molecule has 3 rings (SSSR count). The highest BCUT2D eigenvalue weighted by molar-refractivity contribution is 7.71. The second-order valence-corrected chi connectivity index (χ2v) is 5.47. The van der Waals surface area contributed by atoms with E-state index in [1.54, 1.807) is 0 Å². The molecule has 1 saturated heterocycles. The molecule has 0 amide bonds. The number of imidazole rings is 1. The lowest BCUT2D eigenvalue weighted by Crippen LogP contribution is -2.30. The molecule has 1 atom stereocenters. The van der Waals surface area contributed by atoms with Crippen LogP contribution in [-0.2, 0) is 10.3 Å². The van der Waals surface area contributed by atoms with Gasteiger partial charge in [0, 0.05) is 6.61 Å². The molecule has 1 fully saturated rings. The van der Waals surface area contributed by atoms with Gasteiger partial charge >= 0.3 is 0 Å². The first-order valence-electron chi connectivity index (χ1n) is 5.90. The molecule has 3 nitrogen and oxygen atoms in total. The van der Waals surface area contributed by atoms with Crippen LogP contribution in [0.4, 0.5) is 0 Å². The minimum absolute atomic E-state index is 0.0108. The second-order valence-electron chi connectivity index (χ2n) is 5.09. The molecule has 17 heavy (non-hydrogen) atoms. The summed E-state index contributed by atoms with van der Waals surface area (Å²) in [7, 11) is 0. The monoisotopic (exact) mass is 248 g/mol. The summed E-state index contributed by atoms with van der Waals surface area (Å²) in [6.45, 7) is 5.87. The second kappa shape index (κ2) is 3.68. The van der Waals surface area contributed by atoms with Crippen LogP contribution in [0.1, 0.15) is 18.9 Å². The fraction of sp³-hybridized carbons (Fsp3) is 0.462. The third kappa shape index (κ3) is 1.63. The number of aryl methyl sites for hydroxylation is 1. The fourth-order valence-corrected chi connectivity index (χ4v) is 3.01. The molecule has 0 radical (unpaired) electrons. The predicted molar refractivity (Wildman–Crippen MR) is 70.9 cm³/mol. The van der Waals surface area contributed by atoms with Crippen LogP contribution >= 0.6 is 12.2 Å². The van der Waals surface area contributed by atoms with Gasteiger partial charge in [-0.25, -0.2) is 0 Å². The molecule has 4 heteroatoms. The highest BCUT2D eigenvalue weighted by Gasteiger charge is 2.33. The van der Waals surface area contributed by atoms with E-state index >= 15 is 0 Å². The van der Waals surface area contributed by atoms with E-state index in [1.807, 2.05) is 0 Å². The number of fused-ring (bicyclic) bond motifs is 1. The van der Waals surface area contributed by atoms with Crippen molar-refractivity contribution in [3.63, 3.8) is 0 Å². The van der Waals surface area contributed by atoms with Crippen molar-refractivity contribution in [2.24, 2.45) is 0 Å². The molecular formula is C13H16N2OS. The fourth-order valence-electron chi connectivity index (χ4n) is 2.58. The molecule has 1 unspecified atom stereocenters. The van der Waals surface area contributed by atoms with Crippen molar-refractivity contribution in [1.29, 1.82) is 0 Å². The first kappa shape index (κ1) is 11.0. The molecule has 1 aromatic heterocycles. The van der Waals surface area contributed by atoms with E-state index in [0.717, 1.165) is 29.9 Å². The average Bonchev–Trinajstić information content (AvgIpc) is 2.82. The van der Waals surface area contributed by atoms with E-state index < -0.39 is 0 Å². The first-order chi connectivity index (χ1) is 8.10. The minimum atomic E-state index is -0.0108. The van der Waals surface area contributed by atoms with Crippen molar-refractivity contribution in [2.75, 3.05) is 13.2 Å². The van der Waals surface area contributed by atoms with E-state index in [-0.39, 0.29) is 5.54 Å². The van der Waals surface area contributed by atoms with Gasteiger partial charge in [0.1, 0.15) is 0 Å². The normalized spacial score (nSPS) is 24.6. The highest BCUT2D eigenvalue weighted by atomic mass is 32.1. The van der Waals surface area contributed by atoms with Crippen LogP contribution in [0.15, 0.2) is 18.2 Å². The molecule has 1 aliphatic heterocycles. The third-order valence-electron chi connectivity index (χ3n) is 3.58. The maximum atomic E-state index is 5.54. The lowest BCUT2D eigenvalue weighted by molar-refractivity contribution is 0.162. The Balaban J connectivity index is 2.31. The average molecular weight is 248 g/mol. The first-order valence-corrected chi connectivity index (χ1v) is 6.31. The van der Waals surface area contributed by atoms with Gasteiger partial charge in [-0.2, -0.15) is 0 Å². The Bertz CT molecular complexity index is 620. The standard InChI is InChI=1S/C13H16N2OS/c1-9-3-4-10-11(7-9)15(12(17)14-10)13(2)5-6-16-8-13/h3-4,7H,5-6,8H2,1-2H3,(H,14,17). The number of H-pyrrole nitrogens is 1. The van der Waals surface area contributed by atoms with Crippen LogP contribution < -0.4 is 0 Å². The van der Waals surface area contributed by atoms with Crippen molar-refractivity contribution in [2.45, 2.75) is 25.8 Å². The summed E-state index contributed by atoms with van der Waals surface area (Å²) in [5.41, 5.74) is 3.53.